The molecule has 0 unspecified atom stereocenters. The largest absolute Gasteiger partial charge is 0.381 e. The smallest absolute Gasteiger partial charge is 0.0414 e. The van der Waals surface area contributed by atoms with Crippen molar-refractivity contribution < 1.29 is 0 Å². The van der Waals surface area contributed by atoms with Gasteiger partial charge >= 0.3 is 0 Å². The summed E-state index contributed by atoms with van der Waals surface area (Å²) in [5.74, 6) is 0. The molecule has 3 nitrogen and oxygen atoms in total. The Labute approximate surface area is 125 Å². The van der Waals surface area contributed by atoms with E-state index in [0.717, 1.165) is 42.0 Å². The molecule has 0 saturated heterocycles. The van der Waals surface area contributed by atoms with Gasteiger partial charge in [-0.25, -0.2) is 0 Å². The molecule has 3 rings (SSSR count). The number of hydrogen-bond donors (Lipinski definition) is 2. The van der Waals surface area contributed by atoms with Crippen molar-refractivity contribution in [2.45, 2.75) is 19.4 Å². The highest BCUT2D eigenvalue weighted by molar-refractivity contribution is 5.68. The molecule has 0 fully saturated rings. The van der Waals surface area contributed by atoms with E-state index in [9.17, 15) is 0 Å². The van der Waals surface area contributed by atoms with E-state index in [1.54, 1.807) is 12.4 Å². The molecule has 3 heteroatoms. The first-order chi connectivity index (χ1) is 10.2. The zero-order chi connectivity index (χ0) is 14.7. The molecule has 0 saturated carbocycles. The van der Waals surface area contributed by atoms with Crippen molar-refractivity contribution in [3.63, 3.8) is 0 Å². The minimum absolute atomic E-state index is 0.757. The fourth-order valence-corrected chi connectivity index (χ4v) is 2.46. The minimum atomic E-state index is 0.757. The Balaban J connectivity index is 1.69. The van der Waals surface area contributed by atoms with Crippen molar-refractivity contribution in [1.29, 1.82) is 0 Å². The van der Waals surface area contributed by atoms with E-state index in [2.05, 4.69) is 47.0 Å². The van der Waals surface area contributed by atoms with E-state index in [-0.39, 0.29) is 0 Å². The second-order valence-corrected chi connectivity index (χ2v) is 5.29. The molecule has 21 heavy (non-hydrogen) atoms. The van der Waals surface area contributed by atoms with Crippen LogP contribution in [0.1, 0.15) is 23.1 Å². The topological polar surface area (TPSA) is 37.0 Å². The van der Waals surface area contributed by atoms with E-state index in [1.807, 2.05) is 12.1 Å². The maximum Gasteiger partial charge on any atom is 0.0414 e. The molecular formula is C18H19N3. The predicted molar refractivity (Wildman–Crippen MR) is 87.6 cm³/mol. The van der Waals surface area contributed by atoms with Crippen LogP contribution < -0.4 is 10.6 Å². The monoisotopic (exact) mass is 277 g/mol. The highest BCUT2D eigenvalue weighted by atomic mass is 14.9. The molecule has 2 N–H and O–H groups in total. The lowest BCUT2D eigenvalue weighted by atomic mass is 9.98. The maximum atomic E-state index is 4.14. The fraction of sp³-hybridized carbons (Fsp3) is 0.167. The molecular weight excluding hydrogens is 258 g/mol. The van der Waals surface area contributed by atoms with Crippen molar-refractivity contribution in [3.8, 4) is 0 Å². The van der Waals surface area contributed by atoms with Gasteiger partial charge in [-0.15, -0.1) is 0 Å². The molecule has 2 heterocycles. The van der Waals surface area contributed by atoms with Crippen molar-refractivity contribution >= 4 is 11.4 Å². The normalized spacial score (nSPS) is 13.2. The molecule has 0 radical (unpaired) electrons. The van der Waals surface area contributed by atoms with Crippen LogP contribution in [0.4, 0.5) is 5.69 Å². The Morgan fingerprint density at radius 1 is 1.19 bits per heavy atom. The zero-order valence-electron chi connectivity index (χ0n) is 12.0. The second kappa shape index (κ2) is 5.83. The van der Waals surface area contributed by atoms with Gasteiger partial charge in [0.15, 0.2) is 0 Å². The summed E-state index contributed by atoms with van der Waals surface area (Å²) in [4.78, 5) is 4.02. The summed E-state index contributed by atoms with van der Waals surface area (Å²) in [5, 5.41) is 6.70. The van der Waals surface area contributed by atoms with Gasteiger partial charge in [-0.3, -0.25) is 4.98 Å². The molecule has 0 spiro atoms. The molecule has 1 aliphatic heterocycles. The molecule has 1 aliphatic rings. The summed E-state index contributed by atoms with van der Waals surface area (Å²) < 4.78 is 0. The van der Waals surface area contributed by atoms with Crippen molar-refractivity contribution in [3.05, 3.63) is 78.3 Å². The minimum Gasteiger partial charge on any atom is -0.381 e. The van der Waals surface area contributed by atoms with E-state index in [1.165, 1.54) is 11.1 Å². The first kappa shape index (κ1) is 13.4. The summed E-state index contributed by atoms with van der Waals surface area (Å²) in [6.45, 7) is 8.88. The number of rotatable bonds is 4. The van der Waals surface area contributed by atoms with E-state index >= 15 is 0 Å². The second-order valence-electron chi connectivity index (χ2n) is 5.29. The molecule has 0 aliphatic carbocycles. The molecule has 0 atom stereocenters. The van der Waals surface area contributed by atoms with Gasteiger partial charge in [0, 0.05) is 36.0 Å². The van der Waals surface area contributed by atoms with Crippen LogP contribution in [0.3, 0.4) is 0 Å². The number of pyridine rings is 1. The van der Waals surface area contributed by atoms with Crippen LogP contribution in [-0.2, 0) is 13.0 Å². The van der Waals surface area contributed by atoms with Gasteiger partial charge in [-0.2, -0.15) is 0 Å². The third-order valence-electron chi connectivity index (χ3n) is 3.72. The number of allylic oxidation sites excluding steroid dienone is 1. The molecule has 1 aromatic heterocycles. The van der Waals surface area contributed by atoms with E-state index in [4.69, 9.17) is 0 Å². The third-order valence-corrected chi connectivity index (χ3v) is 3.72. The number of anilines is 1. The number of hydrogen-bond acceptors (Lipinski definition) is 3. The number of aryl methyl sites for hydroxylation is 1. The lowest BCUT2D eigenvalue weighted by molar-refractivity contribution is 0.884. The Morgan fingerprint density at radius 3 is 2.81 bits per heavy atom. The molecule has 1 aromatic carbocycles. The van der Waals surface area contributed by atoms with Crippen LogP contribution in [0.15, 0.2) is 61.6 Å². The molecule has 0 amide bonds. The lowest BCUT2D eigenvalue weighted by Crippen LogP contribution is -2.13. The standard InChI is InChI=1S/C18H19N3/c1-13-3-4-17-11-16(5-6-18(17)21-13)14(2)20-12-15-7-9-19-10-8-15/h5-11,20-21H,1-4,12H2. The third kappa shape index (κ3) is 3.14. The first-order valence-corrected chi connectivity index (χ1v) is 7.12. The van der Waals surface area contributed by atoms with Gasteiger partial charge in [0.25, 0.3) is 0 Å². The van der Waals surface area contributed by atoms with Crippen molar-refractivity contribution in [1.82, 2.24) is 10.3 Å². The van der Waals surface area contributed by atoms with Crippen LogP contribution in [0, 0.1) is 0 Å². The van der Waals surface area contributed by atoms with Gasteiger partial charge < -0.3 is 10.6 Å². The Morgan fingerprint density at radius 2 is 2.00 bits per heavy atom. The van der Waals surface area contributed by atoms with Crippen molar-refractivity contribution in [2.24, 2.45) is 0 Å². The Hall–Kier alpha value is -2.55. The van der Waals surface area contributed by atoms with Gasteiger partial charge in [-0.1, -0.05) is 19.2 Å². The number of fused-ring (bicyclic) bond motifs is 1. The zero-order valence-corrected chi connectivity index (χ0v) is 12.0. The first-order valence-electron chi connectivity index (χ1n) is 7.12. The highest BCUT2D eigenvalue weighted by Crippen LogP contribution is 2.28. The number of nitrogens with one attached hydrogen (secondary N) is 2. The summed E-state index contributed by atoms with van der Waals surface area (Å²) >= 11 is 0. The predicted octanol–water partition coefficient (Wildman–Crippen LogP) is 3.71. The lowest BCUT2D eigenvalue weighted by Gasteiger charge is -2.21. The summed E-state index contributed by atoms with van der Waals surface area (Å²) in [6.07, 6.45) is 5.63. The van der Waals surface area contributed by atoms with Crippen LogP contribution in [-0.4, -0.2) is 4.98 Å². The SMILES string of the molecule is C=C1CCc2cc(C(=C)NCc3ccncc3)ccc2N1. The highest BCUT2D eigenvalue weighted by Gasteiger charge is 2.12. The fourth-order valence-electron chi connectivity index (χ4n) is 2.46. The Kier molecular flexibility index (Phi) is 3.73. The summed E-state index contributed by atoms with van der Waals surface area (Å²) in [7, 11) is 0. The van der Waals surface area contributed by atoms with Crippen LogP contribution in [0.5, 0.6) is 0 Å². The van der Waals surface area contributed by atoms with Crippen LogP contribution in [0.25, 0.3) is 5.70 Å². The van der Waals surface area contributed by atoms with Gasteiger partial charge in [-0.05, 0) is 53.8 Å². The molecule has 2 aromatic rings. The van der Waals surface area contributed by atoms with E-state index < -0.39 is 0 Å². The summed E-state index contributed by atoms with van der Waals surface area (Å²) in [5.41, 5.74) is 6.85. The van der Waals surface area contributed by atoms with Gasteiger partial charge in [0.2, 0.25) is 0 Å². The van der Waals surface area contributed by atoms with E-state index in [0.29, 0.717) is 0 Å². The average Bonchev–Trinajstić information content (AvgIpc) is 2.53. The number of aromatic nitrogens is 1. The van der Waals surface area contributed by atoms with Crippen LogP contribution in [0.2, 0.25) is 0 Å². The summed E-state index contributed by atoms with van der Waals surface area (Å²) in [6, 6.07) is 10.4. The quantitative estimate of drug-likeness (QED) is 0.894. The van der Waals surface area contributed by atoms with Crippen molar-refractivity contribution in [2.75, 3.05) is 5.32 Å². The number of nitrogens with zero attached hydrogens (tertiary/aromatic N) is 1. The average molecular weight is 277 g/mol. The molecule has 0 bridgehead atoms. The van der Waals surface area contributed by atoms with Crippen LogP contribution >= 0.6 is 0 Å². The number of benzene rings is 1. The van der Waals surface area contributed by atoms with Gasteiger partial charge in [0.05, 0.1) is 0 Å². The van der Waals surface area contributed by atoms with Gasteiger partial charge in [0.1, 0.15) is 0 Å². The molecule has 106 valence electrons. The Bertz CT molecular complexity index is 674. The maximum absolute atomic E-state index is 4.14.